The number of nitrogens with one attached hydrogen (secondary N) is 1. The number of hydrogen-bond acceptors (Lipinski definition) is 3. The molecule has 92 valence electrons. The van der Waals surface area contributed by atoms with Gasteiger partial charge < -0.3 is 10.1 Å². The van der Waals surface area contributed by atoms with Crippen LogP contribution >= 0.6 is 0 Å². The molecule has 0 saturated carbocycles. The number of rotatable bonds is 3. The maximum Gasteiger partial charge on any atom is 0.262 e. The lowest BCUT2D eigenvalue weighted by atomic mass is 9.96. The Morgan fingerprint density at radius 3 is 3.11 bits per heavy atom. The van der Waals surface area contributed by atoms with Gasteiger partial charge in [0, 0.05) is 17.9 Å². The Bertz CT molecular complexity index is 542. The number of carbonyl (C=O) groups excluding carboxylic acids is 2. The zero-order chi connectivity index (χ0) is 13.1. The number of terminal acetylenes is 1. The van der Waals surface area contributed by atoms with Crippen molar-refractivity contribution in [1.82, 2.24) is 0 Å². The van der Waals surface area contributed by atoms with Crippen LogP contribution in [0.15, 0.2) is 18.2 Å². The van der Waals surface area contributed by atoms with E-state index < -0.39 is 0 Å². The first-order valence-electron chi connectivity index (χ1n) is 5.66. The molecule has 0 bridgehead atoms. The maximum atomic E-state index is 12.1. The van der Waals surface area contributed by atoms with E-state index in [0.29, 0.717) is 23.4 Å². The minimum Gasteiger partial charge on any atom is -0.482 e. The van der Waals surface area contributed by atoms with E-state index in [-0.39, 0.29) is 24.2 Å². The van der Waals surface area contributed by atoms with Crippen LogP contribution in [0.2, 0.25) is 0 Å². The number of Topliss-reactive ketones (excluding diaryl/α,β-unsaturated/α-hetero) is 1. The average molecular weight is 243 g/mol. The molecule has 18 heavy (non-hydrogen) atoms. The Morgan fingerprint density at radius 2 is 2.39 bits per heavy atom. The van der Waals surface area contributed by atoms with Gasteiger partial charge in [0.1, 0.15) is 5.75 Å². The van der Waals surface area contributed by atoms with Crippen LogP contribution in [0, 0.1) is 18.3 Å². The van der Waals surface area contributed by atoms with E-state index in [2.05, 4.69) is 11.2 Å². The third-order valence-electron chi connectivity index (χ3n) is 2.77. The van der Waals surface area contributed by atoms with Crippen molar-refractivity contribution in [1.29, 1.82) is 0 Å². The van der Waals surface area contributed by atoms with E-state index in [9.17, 15) is 9.59 Å². The summed E-state index contributed by atoms with van der Waals surface area (Å²) in [5, 5.41) is 2.67. The Balaban J connectivity index is 2.26. The van der Waals surface area contributed by atoms with Gasteiger partial charge in [-0.15, -0.1) is 12.3 Å². The third kappa shape index (κ3) is 2.35. The summed E-state index contributed by atoms with van der Waals surface area (Å²) < 4.78 is 5.22. The van der Waals surface area contributed by atoms with Crippen LogP contribution in [-0.4, -0.2) is 18.3 Å². The Hall–Kier alpha value is -2.28. The van der Waals surface area contributed by atoms with Crippen molar-refractivity contribution in [3.63, 3.8) is 0 Å². The van der Waals surface area contributed by atoms with Crippen molar-refractivity contribution >= 4 is 17.4 Å². The Labute approximate surface area is 105 Å². The summed E-state index contributed by atoms with van der Waals surface area (Å²) in [5.41, 5.74) is 1.06. The summed E-state index contributed by atoms with van der Waals surface area (Å²) in [6, 6.07) is 5.00. The summed E-state index contributed by atoms with van der Waals surface area (Å²) in [6.45, 7) is 1.80. The molecule has 0 radical (unpaired) electrons. The highest BCUT2D eigenvalue weighted by Crippen LogP contribution is 2.29. The lowest BCUT2D eigenvalue weighted by molar-refractivity contribution is -0.118. The van der Waals surface area contributed by atoms with E-state index in [1.54, 1.807) is 25.1 Å². The molecular weight excluding hydrogens is 230 g/mol. The molecular formula is C14H13NO3. The summed E-state index contributed by atoms with van der Waals surface area (Å²) in [6.07, 6.45) is 5.60. The largest absolute Gasteiger partial charge is 0.482 e. The fourth-order valence-electron chi connectivity index (χ4n) is 1.79. The van der Waals surface area contributed by atoms with Gasteiger partial charge >= 0.3 is 0 Å². The van der Waals surface area contributed by atoms with E-state index in [4.69, 9.17) is 11.2 Å². The topological polar surface area (TPSA) is 55.4 Å². The molecule has 1 N–H and O–H groups in total. The lowest BCUT2D eigenvalue weighted by Crippen LogP contribution is -2.25. The van der Waals surface area contributed by atoms with Crippen molar-refractivity contribution in [3.05, 3.63) is 23.8 Å². The predicted molar refractivity (Wildman–Crippen MR) is 67.5 cm³/mol. The van der Waals surface area contributed by atoms with Crippen LogP contribution < -0.4 is 10.1 Å². The van der Waals surface area contributed by atoms with Gasteiger partial charge in [-0.2, -0.15) is 0 Å². The molecule has 1 unspecified atom stereocenters. The average Bonchev–Trinajstić information content (AvgIpc) is 2.37. The zero-order valence-electron chi connectivity index (χ0n) is 10.0. The summed E-state index contributed by atoms with van der Waals surface area (Å²) in [5.74, 6) is 2.57. The SMILES string of the molecule is C#CCC(C)C(=O)c1ccc2c(c1)NC(=O)CO2. The first-order chi connectivity index (χ1) is 8.61. The van der Waals surface area contributed by atoms with Gasteiger partial charge in [-0.3, -0.25) is 9.59 Å². The van der Waals surface area contributed by atoms with E-state index in [1.807, 2.05) is 0 Å². The molecule has 4 nitrogen and oxygen atoms in total. The molecule has 0 aromatic heterocycles. The Morgan fingerprint density at radius 1 is 1.61 bits per heavy atom. The third-order valence-corrected chi connectivity index (χ3v) is 2.77. The molecule has 1 aromatic carbocycles. The minimum atomic E-state index is -0.228. The number of ketones is 1. The molecule has 1 aliphatic rings. The maximum absolute atomic E-state index is 12.1. The molecule has 1 atom stereocenters. The number of hydrogen-bond donors (Lipinski definition) is 1. The molecule has 0 saturated heterocycles. The number of anilines is 1. The smallest absolute Gasteiger partial charge is 0.262 e. The quantitative estimate of drug-likeness (QED) is 0.651. The standard InChI is InChI=1S/C14H13NO3/c1-3-4-9(2)14(17)10-5-6-12-11(7-10)15-13(16)8-18-12/h1,5-7,9H,4,8H2,2H3,(H,15,16). The van der Waals surface area contributed by atoms with Gasteiger partial charge in [-0.1, -0.05) is 6.92 Å². The van der Waals surface area contributed by atoms with Crippen LogP contribution in [0.1, 0.15) is 23.7 Å². The normalized spacial score (nSPS) is 14.8. The summed E-state index contributed by atoms with van der Waals surface area (Å²) in [4.78, 5) is 23.2. The fourth-order valence-corrected chi connectivity index (χ4v) is 1.79. The minimum absolute atomic E-state index is 0.00773. The second-order valence-corrected chi connectivity index (χ2v) is 4.22. The second-order valence-electron chi connectivity index (χ2n) is 4.22. The van der Waals surface area contributed by atoms with Crippen molar-refractivity contribution in [2.75, 3.05) is 11.9 Å². The van der Waals surface area contributed by atoms with Crippen LogP contribution in [0.5, 0.6) is 5.75 Å². The highest BCUT2D eigenvalue weighted by molar-refractivity contribution is 6.01. The van der Waals surface area contributed by atoms with Gasteiger partial charge in [0.15, 0.2) is 12.4 Å². The van der Waals surface area contributed by atoms with Crippen molar-refractivity contribution < 1.29 is 14.3 Å². The number of fused-ring (bicyclic) bond motifs is 1. The molecule has 4 heteroatoms. The lowest BCUT2D eigenvalue weighted by Gasteiger charge is -2.18. The number of carbonyl (C=O) groups is 2. The number of ether oxygens (including phenoxy) is 1. The number of benzene rings is 1. The molecule has 0 aliphatic carbocycles. The van der Waals surface area contributed by atoms with Gasteiger partial charge in [0.25, 0.3) is 5.91 Å². The molecule has 0 fully saturated rings. The fraction of sp³-hybridized carbons (Fsp3) is 0.286. The summed E-state index contributed by atoms with van der Waals surface area (Å²) in [7, 11) is 0. The van der Waals surface area contributed by atoms with Crippen LogP contribution in [0.4, 0.5) is 5.69 Å². The Kier molecular flexibility index (Phi) is 3.33. The van der Waals surface area contributed by atoms with Gasteiger partial charge in [0.05, 0.1) is 5.69 Å². The number of amides is 1. The zero-order valence-corrected chi connectivity index (χ0v) is 10.0. The van der Waals surface area contributed by atoms with Crippen LogP contribution in [-0.2, 0) is 4.79 Å². The predicted octanol–water partition coefficient (Wildman–Crippen LogP) is 1.86. The molecule has 1 amide bonds. The van der Waals surface area contributed by atoms with Gasteiger partial charge in [-0.05, 0) is 18.2 Å². The van der Waals surface area contributed by atoms with Crippen molar-refractivity contribution in [3.8, 4) is 18.1 Å². The summed E-state index contributed by atoms with van der Waals surface area (Å²) >= 11 is 0. The van der Waals surface area contributed by atoms with Gasteiger partial charge in [-0.25, -0.2) is 0 Å². The molecule has 1 aromatic rings. The highest BCUT2D eigenvalue weighted by Gasteiger charge is 2.20. The van der Waals surface area contributed by atoms with Crippen molar-refractivity contribution in [2.24, 2.45) is 5.92 Å². The van der Waals surface area contributed by atoms with Crippen LogP contribution in [0.25, 0.3) is 0 Å². The monoisotopic (exact) mass is 243 g/mol. The van der Waals surface area contributed by atoms with Crippen molar-refractivity contribution in [2.45, 2.75) is 13.3 Å². The first-order valence-corrected chi connectivity index (χ1v) is 5.66. The van der Waals surface area contributed by atoms with E-state index in [0.717, 1.165) is 0 Å². The molecule has 2 rings (SSSR count). The van der Waals surface area contributed by atoms with E-state index >= 15 is 0 Å². The second kappa shape index (κ2) is 4.92. The van der Waals surface area contributed by atoms with E-state index in [1.165, 1.54) is 0 Å². The van der Waals surface area contributed by atoms with Crippen LogP contribution in [0.3, 0.4) is 0 Å². The van der Waals surface area contributed by atoms with Gasteiger partial charge in [0.2, 0.25) is 0 Å². The highest BCUT2D eigenvalue weighted by atomic mass is 16.5. The molecule has 0 spiro atoms. The first kappa shape index (κ1) is 12.2. The molecule has 1 heterocycles. The molecule has 1 aliphatic heterocycles.